The third-order valence-corrected chi connectivity index (χ3v) is 2.19. The predicted molar refractivity (Wildman–Crippen MR) is 56.1 cm³/mol. The molecule has 0 bridgehead atoms. The van der Waals surface area contributed by atoms with Gasteiger partial charge in [0.15, 0.2) is 0 Å². The first-order valence-electron chi connectivity index (χ1n) is 3.50. The van der Waals surface area contributed by atoms with Crippen molar-refractivity contribution in [2.75, 3.05) is 7.11 Å². The Kier molecular flexibility index (Phi) is 3.08. The Hall–Kier alpha value is -0.580. The quantitative estimate of drug-likeness (QED) is 0.613. The summed E-state index contributed by atoms with van der Waals surface area (Å²) in [4.78, 5) is 11.2. The number of rotatable bonds is 2. The molecule has 0 amide bonds. The van der Waals surface area contributed by atoms with E-state index in [1.165, 1.54) is 0 Å². The van der Waals surface area contributed by atoms with Gasteiger partial charge in [0.2, 0.25) is 3.79 Å². The number of ether oxygens (including phenoxy) is 1. The van der Waals surface area contributed by atoms with E-state index in [4.69, 9.17) is 4.74 Å². The third-order valence-electron chi connectivity index (χ3n) is 1.65. The molecule has 0 heterocycles. The minimum atomic E-state index is 0.0163. The smallest absolute Gasteiger partial charge is 0.226 e. The summed E-state index contributed by atoms with van der Waals surface area (Å²) < 4.78 is 5.08. The van der Waals surface area contributed by atoms with Crippen molar-refractivity contribution in [2.24, 2.45) is 0 Å². The largest absolute Gasteiger partial charge is 0.496 e. The van der Waals surface area contributed by atoms with Gasteiger partial charge in [-0.15, -0.1) is 0 Å². The van der Waals surface area contributed by atoms with Crippen molar-refractivity contribution < 1.29 is 9.53 Å². The molecule has 2 nitrogen and oxygen atoms in total. The molecule has 0 spiro atoms. The monoisotopic (exact) mass is 276 g/mol. The number of hydrogen-bond acceptors (Lipinski definition) is 2. The SMILES string of the molecule is COc1cccc(C)c1C(=O)I. The average Bonchev–Trinajstić information content (AvgIpc) is 2.03. The molecule has 12 heavy (non-hydrogen) atoms. The molecule has 0 unspecified atom stereocenters. The Morgan fingerprint density at radius 1 is 1.50 bits per heavy atom. The van der Waals surface area contributed by atoms with Gasteiger partial charge in [0.25, 0.3) is 0 Å². The van der Waals surface area contributed by atoms with Crippen LogP contribution in [0, 0.1) is 6.92 Å². The van der Waals surface area contributed by atoms with Crippen LogP contribution in [0.5, 0.6) is 5.75 Å². The van der Waals surface area contributed by atoms with Crippen molar-refractivity contribution in [2.45, 2.75) is 6.92 Å². The van der Waals surface area contributed by atoms with Gasteiger partial charge in [-0.05, 0) is 18.6 Å². The van der Waals surface area contributed by atoms with E-state index in [1.54, 1.807) is 35.8 Å². The van der Waals surface area contributed by atoms with Gasteiger partial charge in [-0.25, -0.2) is 0 Å². The molecule has 1 rings (SSSR count). The second-order valence-corrected chi connectivity index (χ2v) is 3.41. The molecule has 64 valence electrons. The van der Waals surface area contributed by atoms with E-state index in [2.05, 4.69) is 0 Å². The zero-order valence-corrected chi connectivity index (χ0v) is 9.08. The average molecular weight is 276 g/mol. The number of carbonyl (C=O) groups excluding carboxylic acids is 1. The number of hydrogen-bond donors (Lipinski definition) is 0. The first-order valence-corrected chi connectivity index (χ1v) is 4.58. The van der Waals surface area contributed by atoms with Gasteiger partial charge >= 0.3 is 0 Å². The van der Waals surface area contributed by atoms with E-state index >= 15 is 0 Å². The molecule has 0 radical (unpaired) electrons. The van der Waals surface area contributed by atoms with E-state index < -0.39 is 0 Å². The van der Waals surface area contributed by atoms with Crippen LogP contribution in [0.3, 0.4) is 0 Å². The Morgan fingerprint density at radius 2 is 2.17 bits per heavy atom. The molecule has 1 aromatic rings. The van der Waals surface area contributed by atoms with E-state index in [0.717, 1.165) is 5.56 Å². The number of carbonyl (C=O) groups is 1. The number of aryl methyl sites for hydroxylation is 1. The second-order valence-electron chi connectivity index (χ2n) is 2.43. The summed E-state index contributed by atoms with van der Waals surface area (Å²) >= 11 is 1.76. The van der Waals surface area contributed by atoms with Crippen molar-refractivity contribution in [3.8, 4) is 5.75 Å². The Bertz CT molecular complexity index is 307. The van der Waals surface area contributed by atoms with E-state index in [9.17, 15) is 4.79 Å². The van der Waals surface area contributed by atoms with Crippen LogP contribution in [0.25, 0.3) is 0 Å². The highest BCUT2D eigenvalue weighted by Crippen LogP contribution is 2.23. The van der Waals surface area contributed by atoms with Crippen molar-refractivity contribution in [3.05, 3.63) is 29.3 Å². The van der Waals surface area contributed by atoms with Gasteiger partial charge in [-0.3, -0.25) is 4.79 Å². The van der Waals surface area contributed by atoms with Crippen molar-refractivity contribution >= 4 is 26.4 Å². The maximum Gasteiger partial charge on any atom is 0.226 e. The van der Waals surface area contributed by atoms with E-state index in [1.807, 2.05) is 19.1 Å². The number of halogens is 1. The lowest BCUT2D eigenvalue weighted by Gasteiger charge is -2.06. The molecule has 3 heteroatoms. The summed E-state index contributed by atoms with van der Waals surface area (Å²) in [7, 11) is 1.57. The van der Waals surface area contributed by atoms with Crippen LogP contribution in [0.4, 0.5) is 0 Å². The van der Waals surface area contributed by atoms with Crippen LogP contribution < -0.4 is 4.74 Å². The molecular weight excluding hydrogens is 267 g/mol. The Morgan fingerprint density at radius 3 is 2.58 bits per heavy atom. The topological polar surface area (TPSA) is 26.3 Å². The fraction of sp³-hybridized carbons (Fsp3) is 0.222. The molecule has 0 saturated heterocycles. The highest BCUT2D eigenvalue weighted by Gasteiger charge is 2.10. The van der Waals surface area contributed by atoms with E-state index in [0.29, 0.717) is 11.3 Å². The normalized spacial score (nSPS) is 9.58. The standard InChI is InChI=1S/C9H9IO2/c1-6-4-3-5-7(12-2)8(6)9(10)11/h3-5H,1-2H3. The minimum absolute atomic E-state index is 0.0163. The zero-order chi connectivity index (χ0) is 9.14. The summed E-state index contributed by atoms with van der Waals surface area (Å²) in [5.74, 6) is 0.648. The van der Waals surface area contributed by atoms with Crippen LogP contribution in [-0.2, 0) is 0 Å². The summed E-state index contributed by atoms with van der Waals surface area (Å²) in [6.07, 6.45) is 0. The maximum atomic E-state index is 11.2. The molecule has 0 aromatic heterocycles. The molecule has 0 aliphatic heterocycles. The predicted octanol–water partition coefficient (Wildman–Crippen LogP) is 2.58. The van der Waals surface area contributed by atoms with Crippen LogP contribution in [0.1, 0.15) is 15.9 Å². The summed E-state index contributed by atoms with van der Waals surface area (Å²) in [6.45, 7) is 1.90. The molecular formula is C9H9IO2. The summed E-state index contributed by atoms with van der Waals surface area (Å²) in [5.41, 5.74) is 1.62. The lowest BCUT2D eigenvalue weighted by molar-refractivity contribution is 0.110. The van der Waals surface area contributed by atoms with Crippen molar-refractivity contribution in [3.63, 3.8) is 0 Å². The molecule has 0 atom stereocenters. The van der Waals surface area contributed by atoms with Gasteiger partial charge in [0.1, 0.15) is 5.75 Å². The third kappa shape index (κ3) is 1.77. The summed E-state index contributed by atoms with van der Waals surface area (Å²) in [6, 6.07) is 5.56. The fourth-order valence-corrected chi connectivity index (χ4v) is 1.75. The Balaban J connectivity index is 3.29. The molecule has 0 saturated carbocycles. The number of methoxy groups -OCH3 is 1. The highest BCUT2D eigenvalue weighted by molar-refractivity contribution is 14.1. The maximum absolute atomic E-state index is 11.2. The van der Waals surface area contributed by atoms with Crippen molar-refractivity contribution in [1.29, 1.82) is 0 Å². The van der Waals surface area contributed by atoms with Gasteiger partial charge in [-0.1, -0.05) is 12.1 Å². The van der Waals surface area contributed by atoms with Crippen LogP contribution in [0.15, 0.2) is 18.2 Å². The van der Waals surface area contributed by atoms with Gasteiger partial charge in [0.05, 0.1) is 12.7 Å². The summed E-state index contributed by atoms with van der Waals surface area (Å²) in [5, 5.41) is 0. The second kappa shape index (κ2) is 3.89. The lowest BCUT2D eigenvalue weighted by Crippen LogP contribution is -1.97. The molecule has 0 N–H and O–H groups in total. The molecule has 0 fully saturated rings. The van der Waals surface area contributed by atoms with Crippen LogP contribution in [0.2, 0.25) is 0 Å². The lowest BCUT2D eigenvalue weighted by atomic mass is 10.1. The van der Waals surface area contributed by atoms with Crippen molar-refractivity contribution in [1.82, 2.24) is 0 Å². The van der Waals surface area contributed by atoms with Gasteiger partial charge < -0.3 is 4.74 Å². The first-order chi connectivity index (χ1) is 5.66. The molecule has 0 aliphatic carbocycles. The van der Waals surface area contributed by atoms with Crippen LogP contribution >= 0.6 is 22.6 Å². The van der Waals surface area contributed by atoms with Gasteiger partial charge in [0, 0.05) is 22.6 Å². The van der Waals surface area contributed by atoms with E-state index in [-0.39, 0.29) is 3.79 Å². The van der Waals surface area contributed by atoms with Gasteiger partial charge in [-0.2, -0.15) is 0 Å². The minimum Gasteiger partial charge on any atom is -0.496 e. The molecule has 1 aromatic carbocycles. The first kappa shape index (κ1) is 9.51. The molecule has 0 aliphatic rings. The van der Waals surface area contributed by atoms with Crippen LogP contribution in [-0.4, -0.2) is 10.9 Å². The Labute approximate surface area is 85.1 Å². The number of benzene rings is 1. The highest BCUT2D eigenvalue weighted by atomic mass is 127. The fourth-order valence-electron chi connectivity index (χ4n) is 1.06. The zero-order valence-electron chi connectivity index (χ0n) is 6.93.